The minimum Gasteiger partial charge on any atom is -0.490 e. The van der Waals surface area contributed by atoms with Crippen molar-refractivity contribution >= 4 is 5.91 Å². The van der Waals surface area contributed by atoms with Crippen LogP contribution >= 0.6 is 0 Å². The van der Waals surface area contributed by atoms with Crippen molar-refractivity contribution in [1.82, 2.24) is 20.2 Å². The van der Waals surface area contributed by atoms with Gasteiger partial charge in [0.15, 0.2) is 0 Å². The maximum Gasteiger partial charge on any atom is 0.251 e. The smallest absolute Gasteiger partial charge is 0.251 e. The van der Waals surface area contributed by atoms with E-state index in [1.165, 1.54) is 0 Å². The Morgan fingerprint density at radius 2 is 1.82 bits per heavy atom. The third-order valence-corrected chi connectivity index (χ3v) is 6.06. The van der Waals surface area contributed by atoms with Crippen LogP contribution < -0.4 is 10.1 Å². The number of hydrogen-bond acceptors (Lipinski definition) is 5. The summed E-state index contributed by atoms with van der Waals surface area (Å²) in [5.74, 6) is 0.734. The van der Waals surface area contributed by atoms with Crippen LogP contribution in [-0.4, -0.2) is 46.0 Å². The molecule has 1 aliphatic rings. The molecule has 172 valence electrons. The molecule has 33 heavy (non-hydrogen) atoms. The predicted octanol–water partition coefficient (Wildman–Crippen LogP) is 4.19. The first kappa shape index (κ1) is 22.9. The largest absolute Gasteiger partial charge is 0.490 e. The molecule has 1 atom stereocenters. The molecule has 4 rings (SSSR count). The molecule has 0 aliphatic carbocycles. The molecule has 2 aromatic heterocycles. The summed E-state index contributed by atoms with van der Waals surface area (Å²) < 4.78 is 6.18. The van der Waals surface area contributed by atoms with E-state index >= 15 is 0 Å². The number of amides is 1. The van der Waals surface area contributed by atoms with Gasteiger partial charge >= 0.3 is 0 Å². The van der Waals surface area contributed by atoms with E-state index < -0.39 is 0 Å². The first-order valence-corrected chi connectivity index (χ1v) is 11.7. The van der Waals surface area contributed by atoms with Gasteiger partial charge in [0.1, 0.15) is 11.9 Å². The monoisotopic (exact) mass is 444 g/mol. The van der Waals surface area contributed by atoms with Crippen LogP contribution in [0.4, 0.5) is 0 Å². The molecule has 1 amide bonds. The second kappa shape index (κ2) is 11.1. The highest BCUT2D eigenvalue weighted by Crippen LogP contribution is 2.20. The van der Waals surface area contributed by atoms with E-state index in [9.17, 15) is 4.79 Å². The summed E-state index contributed by atoms with van der Waals surface area (Å²) in [5, 5.41) is 3.07. The van der Waals surface area contributed by atoms with Crippen molar-refractivity contribution < 1.29 is 9.53 Å². The van der Waals surface area contributed by atoms with Gasteiger partial charge in [0.25, 0.3) is 5.91 Å². The lowest BCUT2D eigenvalue weighted by Gasteiger charge is -2.31. The number of rotatable bonds is 8. The molecule has 0 saturated carbocycles. The van der Waals surface area contributed by atoms with Crippen molar-refractivity contribution in [3.05, 3.63) is 89.5 Å². The van der Waals surface area contributed by atoms with Gasteiger partial charge in [-0.3, -0.25) is 19.7 Å². The Hall–Kier alpha value is -3.25. The van der Waals surface area contributed by atoms with Crippen LogP contribution in [-0.2, 0) is 13.0 Å². The fourth-order valence-electron chi connectivity index (χ4n) is 4.16. The predicted molar refractivity (Wildman–Crippen MR) is 129 cm³/mol. The molecule has 1 saturated heterocycles. The van der Waals surface area contributed by atoms with E-state index in [0.29, 0.717) is 12.0 Å². The molecule has 6 nitrogen and oxygen atoms in total. The van der Waals surface area contributed by atoms with E-state index in [-0.39, 0.29) is 18.1 Å². The number of carbonyl (C=O) groups excluding carboxylic acids is 1. The minimum absolute atomic E-state index is 0.00158. The zero-order chi connectivity index (χ0) is 23.0. The molecule has 6 heteroatoms. The summed E-state index contributed by atoms with van der Waals surface area (Å²) in [6, 6.07) is 17.5. The number of aryl methyl sites for hydroxylation is 1. The average molecular weight is 445 g/mol. The lowest BCUT2D eigenvalue weighted by Crippen LogP contribution is -2.38. The fourth-order valence-corrected chi connectivity index (χ4v) is 4.16. The highest BCUT2D eigenvalue weighted by molar-refractivity contribution is 5.94. The third kappa shape index (κ3) is 6.62. The second-order valence-corrected chi connectivity index (χ2v) is 8.78. The Bertz CT molecular complexity index is 1030. The highest BCUT2D eigenvalue weighted by Gasteiger charge is 2.21. The topological polar surface area (TPSA) is 67.3 Å². The van der Waals surface area contributed by atoms with E-state index in [4.69, 9.17) is 4.74 Å². The zero-order valence-corrected chi connectivity index (χ0v) is 19.4. The van der Waals surface area contributed by atoms with Crippen molar-refractivity contribution in [2.75, 3.05) is 13.1 Å². The molecule has 1 aliphatic heterocycles. The maximum atomic E-state index is 12.6. The van der Waals surface area contributed by atoms with Gasteiger partial charge < -0.3 is 10.1 Å². The van der Waals surface area contributed by atoms with Crippen molar-refractivity contribution in [2.24, 2.45) is 0 Å². The number of nitrogens with one attached hydrogen (secondary N) is 1. The zero-order valence-electron chi connectivity index (χ0n) is 19.4. The van der Waals surface area contributed by atoms with E-state index in [0.717, 1.165) is 55.2 Å². The van der Waals surface area contributed by atoms with Gasteiger partial charge in [-0.25, -0.2) is 0 Å². The molecule has 0 unspecified atom stereocenters. The van der Waals surface area contributed by atoms with Crippen molar-refractivity contribution in [2.45, 2.75) is 51.8 Å². The Morgan fingerprint density at radius 3 is 2.52 bits per heavy atom. The van der Waals surface area contributed by atoms with Crippen LogP contribution in [0.2, 0.25) is 0 Å². The molecule has 3 aromatic rings. The average Bonchev–Trinajstić information content (AvgIpc) is 2.83. The van der Waals surface area contributed by atoms with E-state index in [1.807, 2.05) is 68.6 Å². The Kier molecular flexibility index (Phi) is 7.68. The van der Waals surface area contributed by atoms with Gasteiger partial charge in [-0.1, -0.05) is 12.1 Å². The third-order valence-electron chi connectivity index (χ3n) is 6.06. The van der Waals surface area contributed by atoms with Crippen LogP contribution in [0.25, 0.3) is 0 Å². The van der Waals surface area contributed by atoms with Crippen LogP contribution in [0, 0.1) is 6.92 Å². The summed E-state index contributed by atoms with van der Waals surface area (Å²) in [5.41, 5.74) is 3.90. The van der Waals surface area contributed by atoms with E-state index in [1.54, 1.807) is 6.20 Å². The quantitative estimate of drug-likeness (QED) is 0.564. The van der Waals surface area contributed by atoms with E-state index in [2.05, 4.69) is 26.3 Å². The molecular formula is C27H32N4O2. The van der Waals surface area contributed by atoms with Gasteiger partial charge in [-0.05, 0) is 74.7 Å². The standard InChI is InChI=1S/C27H32N4O2/c1-20-6-5-15-29-26(20)18-21(2)30-27(32)22-8-10-24(11-9-22)33-25-12-16-31(17-13-25)19-23-7-3-4-14-28-23/h3-11,14-15,21,25H,12-13,16-19H2,1-2H3,(H,30,32)/t21-/m0/s1. The summed E-state index contributed by atoms with van der Waals surface area (Å²) >= 11 is 0. The number of pyridine rings is 2. The van der Waals surface area contributed by atoms with Gasteiger partial charge in [-0.15, -0.1) is 0 Å². The number of aromatic nitrogens is 2. The summed E-state index contributed by atoms with van der Waals surface area (Å²) in [6.45, 7) is 6.92. The number of piperidine rings is 1. The van der Waals surface area contributed by atoms with Crippen LogP contribution in [0.3, 0.4) is 0 Å². The number of ether oxygens (including phenoxy) is 1. The first-order chi connectivity index (χ1) is 16.1. The number of carbonyl (C=O) groups is 1. The summed E-state index contributed by atoms with van der Waals surface area (Å²) in [7, 11) is 0. The minimum atomic E-state index is -0.0783. The molecule has 0 spiro atoms. The van der Waals surface area contributed by atoms with Crippen molar-refractivity contribution in [1.29, 1.82) is 0 Å². The molecular weight excluding hydrogens is 412 g/mol. The second-order valence-electron chi connectivity index (χ2n) is 8.78. The molecule has 1 aromatic carbocycles. The lowest BCUT2D eigenvalue weighted by molar-refractivity contribution is 0.0937. The van der Waals surface area contributed by atoms with Crippen molar-refractivity contribution in [3.63, 3.8) is 0 Å². The van der Waals surface area contributed by atoms with Gasteiger partial charge in [0, 0.05) is 55.7 Å². The van der Waals surface area contributed by atoms with Crippen molar-refractivity contribution in [3.8, 4) is 5.75 Å². The Balaban J connectivity index is 1.23. The molecule has 1 fully saturated rings. The fraction of sp³-hybridized carbons (Fsp3) is 0.370. The molecule has 1 N–H and O–H groups in total. The normalized spacial score (nSPS) is 15.7. The number of likely N-dealkylation sites (tertiary alicyclic amines) is 1. The first-order valence-electron chi connectivity index (χ1n) is 11.7. The molecule has 0 radical (unpaired) electrons. The van der Waals surface area contributed by atoms with Crippen LogP contribution in [0.15, 0.2) is 67.0 Å². The summed E-state index contributed by atoms with van der Waals surface area (Å²) in [4.78, 5) is 23.9. The van der Waals surface area contributed by atoms with Gasteiger partial charge in [0.05, 0.1) is 5.69 Å². The molecule has 0 bridgehead atoms. The number of hydrogen-bond donors (Lipinski definition) is 1. The maximum absolute atomic E-state index is 12.6. The van der Waals surface area contributed by atoms with Gasteiger partial charge in [-0.2, -0.15) is 0 Å². The number of nitrogens with zero attached hydrogens (tertiary/aromatic N) is 3. The van der Waals surface area contributed by atoms with Crippen LogP contribution in [0.5, 0.6) is 5.75 Å². The SMILES string of the molecule is Cc1cccnc1C[C@H](C)NC(=O)c1ccc(OC2CCN(Cc3ccccn3)CC2)cc1. The Morgan fingerprint density at radius 1 is 1.06 bits per heavy atom. The Labute approximate surface area is 196 Å². The van der Waals surface area contributed by atoms with Gasteiger partial charge in [0.2, 0.25) is 0 Å². The number of benzene rings is 1. The lowest BCUT2D eigenvalue weighted by atomic mass is 10.1. The van der Waals surface area contributed by atoms with Crippen LogP contribution in [0.1, 0.15) is 47.1 Å². The summed E-state index contributed by atoms with van der Waals surface area (Å²) in [6.07, 6.45) is 6.51. The molecule has 3 heterocycles. The highest BCUT2D eigenvalue weighted by atomic mass is 16.5.